The fourth-order valence-corrected chi connectivity index (χ4v) is 3.27. The Morgan fingerprint density at radius 3 is 2.43 bits per heavy atom. The van der Waals surface area contributed by atoms with E-state index in [0.29, 0.717) is 10.6 Å². The zero-order valence-electron chi connectivity index (χ0n) is 12.3. The molecule has 0 radical (unpaired) electrons. The molecule has 0 saturated carbocycles. The van der Waals surface area contributed by atoms with Crippen molar-refractivity contribution >= 4 is 28.3 Å². The van der Waals surface area contributed by atoms with E-state index in [2.05, 4.69) is 4.98 Å². The Kier molecular flexibility index (Phi) is 3.34. The van der Waals surface area contributed by atoms with Gasteiger partial charge in [-0.25, -0.2) is 0 Å². The van der Waals surface area contributed by atoms with Gasteiger partial charge in [0.1, 0.15) is 0 Å². The fourth-order valence-electron chi connectivity index (χ4n) is 2.99. The molecule has 0 amide bonds. The van der Waals surface area contributed by atoms with Gasteiger partial charge in [-0.3, -0.25) is 4.79 Å². The van der Waals surface area contributed by atoms with E-state index in [1.807, 2.05) is 51.1 Å². The standard InChI is InChI=1S/C18H16ClNO/c1-10-7-11(2)16(12(3)8-10)18(21)13-9-20-15-6-4-5-14(19)17(13)15/h4-9,20H,1-3H3. The predicted molar refractivity (Wildman–Crippen MR) is 87.4 cm³/mol. The average Bonchev–Trinajstić information content (AvgIpc) is 2.82. The van der Waals surface area contributed by atoms with Crippen LogP contribution in [-0.4, -0.2) is 10.8 Å². The zero-order chi connectivity index (χ0) is 15.1. The summed E-state index contributed by atoms with van der Waals surface area (Å²) in [6, 6.07) is 9.68. The average molecular weight is 298 g/mol. The maximum Gasteiger partial charge on any atom is 0.195 e. The first kappa shape index (κ1) is 13.9. The minimum Gasteiger partial charge on any atom is -0.360 e. The molecular formula is C18H16ClNO. The van der Waals surface area contributed by atoms with Gasteiger partial charge in [0.15, 0.2) is 5.78 Å². The number of nitrogens with one attached hydrogen (secondary N) is 1. The van der Waals surface area contributed by atoms with Crippen molar-refractivity contribution in [2.45, 2.75) is 20.8 Å². The summed E-state index contributed by atoms with van der Waals surface area (Å²) in [5.74, 6) is 0.0179. The Morgan fingerprint density at radius 2 is 1.76 bits per heavy atom. The van der Waals surface area contributed by atoms with Crippen molar-refractivity contribution in [1.82, 2.24) is 4.98 Å². The van der Waals surface area contributed by atoms with E-state index in [1.54, 1.807) is 6.20 Å². The summed E-state index contributed by atoms with van der Waals surface area (Å²) >= 11 is 6.27. The molecule has 1 heterocycles. The molecule has 2 nitrogen and oxygen atoms in total. The third-order valence-corrected chi connectivity index (χ3v) is 4.12. The van der Waals surface area contributed by atoms with Crippen molar-refractivity contribution in [1.29, 1.82) is 0 Å². The summed E-state index contributed by atoms with van der Waals surface area (Å²) in [4.78, 5) is 16.1. The minimum atomic E-state index is 0.0179. The number of carbonyl (C=O) groups is 1. The molecule has 106 valence electrons. The maximum absolute atomic E-state index is 12.9. The van der Waals surface area contributed by atoms with E-state index >= 15 is 0 Å². The van der Waals surface area contributed by atoms with Crippen LogP contribution in [0.3, 0.4) is 0 Å². The lowest BCUT2D eigenvalue weighted by atomic mass is 9.93. The highest BCUT2D eigenvalue weighted by atomic mass is 35.5. The lowest BCUT2D eigenvalue weighted by Gasteiger charge is -2.10. The Hall–Kier alpha value is -2.06. The number of rotatable bonds is 2. The highest BCUT2D eigenvalue weighted by molar-refractivity contribution is 6.37. The molecule has 0 unspecified atom stereocenters. The Morgan fingerprint density at radius 1 is 1.10 bits per heavy atom. The second-order valence-electron chi connectivity index (χ2n) is 5.47. The molecule has 0 atom stereocenters. The van der Waals surface area contributed by atoms with Crippen LogP contribution < -0.4 is 0 Å². The molecule has 0 aliphatic rings. The monoisotopic (exact) mass is 297 g/mol. The molecule has 2 aromatic carbocycles. The summed E-state index contributed by atoms with van der Waals surface area (Å²) < 4.78 is 0. The van der Waals surface area contributed by atoms with Crippen molar-refractivity contribution in [3.05, 3.63) is 69.4 Å². The van der Waals surface area contributed by atoms with Crippen LogP contribution in [0, 0.1) is 20.8 Å². The number of hydrogen-bond donors (Lipinski definition) is 1. The van der Waals surface area contributed by atoms with Gasteiger partial charge < -0.3 is 4.98 Å². The van der Waals surface area contributed by atoms with Gasteiger partial charge in [0.25, 0.3) is 0 Å². The first-order valence-corrected chi connectivity index (χ1v) is 7.25. The van der Waals surface area contributed by atoms with Gasteiger partial charge in [-0.1, -0.05) is 35.4 Å². The van der Waals surface area contributed by atoms with Crippen molar-refractivity contribution < 1.29 is 4.79 Å². The number of aromatic amines is 1. The molecule has 0 bridgehead atoms. The van der Waals surface area contributed by atoms with Gasteiger partial charge in [-0.05, 0) is 44.0 Å². The lowest BCUT2D eigenvalue weighted by molar-refractivity contribution is 0.103. The van der Waals surface area contributed by atoms with Crippen LogP contribution in [0.1, 0.15) is 32.6 Å². The highest BCUT2D eigenvalue weighted by Gasteiger charge is 2.19. The number of ketones is 1. The van der Waals surface area contributed by atoms with E-state index in [1.165, 1.54) is 5.56 Å². The van der Waals surface area contributed by atoms with Gasteiger partial charge in [0, 0.05) is 28.2 Å². The number of H-pyrrole nitrogens is 1. The Labute approximate surface area is 128 Å². The van der Waals surface area contributed by atoms with Crippen LogP contribution in [0.15, 0.2) is 36.5 Å². The first-order chi connectivity index (χ1) is 9.99. The molecule has 3 rings (SSSR count). The third-order valence-electron chi connectivity index (χ3n) is 3.80. The molecule has 0 aliphatic heterocycles. The van der Waals surface area contributed by atoms with Gasteiger partial charge in [0.05, 0.1) is 5.02 Å². The minimum absolute atomic E-state index is 0.0179. The number of fused-ring (bicyclic) bond motifs is 1. The fraction of sp³-hybridized carbons (Fsp3) is 0.167. The second-order valence-corrected chi connectivity index (χ2v) is 5.87. The van der Waals surface area contributed by atoms with E-state index in [0.717, 1.165) is 27.6 Å². The molecule has 0 fully saturated rings. The number of aryl methyl sites for hydroxylation is 3. The molecule has 1 N–H and O–H groups in total. The molecule has 21 heavy (non-hydrogen) atoms. The Balaban J connectivity index is 2.23. The number of aromatic nitrogens is 1. The highest BCUT2D eigenvalue weighted by Crippen LogP contribution is 2.29. The summed E-state index contributed by atoms with van der Waals surface area (Å²) in [5.41, 5.74) is 5.44. The molecule has 0 aliphatic carbocycles. The van der Waals surface area contributed by atoms with Crippen LogP contribution in [-0.2, 0) is 0 Å². The van der Waals surface area contributed by atoms with E-state index in [-0.39, 0.29) is 5.78 Å². The number of halogens is 1. The summed E-state index contributed by atoms with van der Waals surface area (Å²) in [7, 11) is 0. The quantitative estimate of drug-likeness (QED) is 0.665. The lowest BCUT2D eigenvalue weighted by Crippen LogP contribution is -2.06. The number of hydrogen-bond acceptors (Lipinski definition) is 1. The van der Waals surface area contributed by atoms with Crippen molar-refractivity contribution in [2.24, 2.45) is 0 Å². The van der Waals surface area contributed by atoms with Crippen LogP contribution >= 0.6 is 11.6 Å². The van der Waals surface area contributed by atoms with Gasteiger partial charge in [0.2, 0.25) is 0 Å². The molecular weight excluding hydrogens is 282 g/mol. The van der Waals surface area contributed by atoms with Gasteiger partial charge >= 0.3 is 0 Å². The summed E-state index contributed by atoms with van der Waals surface area (Å²) in [5, 5.41) is 1.39. The number of carbonyl (C=O) groups excluding carboxylic acids is 1. The van der Waals surface area contributed by atoms with Crippen LogP contribution in [0.25, 0.3) is 10.9 Å². The van der Waals surface area contributed by atoms with Crippen molar-refractivity contribution in [3.8, 4) is 0 Å². The third kappa shape index (κ3) is 2.26. The molecule has 0 saturated heterocycles. The summed E-state index contributed by atoms with van der Waals surface area (Å²) in [6.45, 7) is 5.99. The van der Waals surface area contributed by atoms with E-state index in [9.17, 15) is 4.79 Å². The second kappa shape index (κ2) is 5.05. The summed E-state index contributed by atoms with van der Waals surface area (Å²) in [6.07, 6.45) is 1.75. The molecule has 3 heteroatoms. The smallest absolute Gasteiger partial charge is 0.195 e. The Bertz CT molecular complexity index is 838. The zero-order valence-corrected chi connectivity index (χ0v) is 13.0. The predicted octanol–water partition coefficient (Wildman–Crippen LogP) is 4.98. The van der Waals surface area contributed by atoms with Crippen molar-refractivity contribution in [3.63, 3.8) is 0 Å². The SMILES string of the molecule is Cc1cc(C)c(C(=O)c2c[nH]c3cccc(Cl)c23)c(C)c1. The molecule has 0 spiro atoms. The first-order valence-electron chi connectivity index (χ1n) is 6.87. The molecule has 3 aromatic rings. The largest absolute Gasteiger partial charge is 0.360 e. The van der Waals surface area contributed by atoms with Crippen LogP contribution in [0.4, 0.5) is 0 Å². The van der Waals surface area contributed by atoms with E-state index in [4.69, 9.17) is 11.6 Å². The number of benzene rings is 2. The van der Waals surface area contributed by atoms with Gasteiger partial charge in [-0.2, -0.15) is 0 Å². The molecule has 1 aromatic heterocycles. The van der Waals surface area contributed by atoms with Crippen LogP contribution in [0.5, 0.6) is 0 Å². The van der Waals surface area contributed by atoms with Crippen molar-refractivity contribution in [2.75, 3.05) is 0 Å². The maximum atomic E-state index is 12.9. The van der Waals surface area contributed by atoms with Gasteiger partial charge in [-0.15, -0.1) is 0 Å². The normalized spacial score (nSPS) is 11.0. The topological polar surface area (TPSA) is 32.9 Å². The van der Waals surface area contributed by atoms with Crippen LogP contribution in [0.2, 0.25) is 5.02 Å². The van der Waals surface area contributed by atoms with E-state index < -0.39 is 0 Å².